The van der Waals surface area contributed by atoms with Crippen LogP contribution in [0.4, 0.5) is 11.6 Å². The number of aliphatic imine (C=N–C) groups is 1. The summed E-state index contributed by atoms with van der Waals surface area (Å²) < 4.78 is 32.3. The Hall–Kier alpha value is -6.76. The van der Waals surface area contributed by atoms with Crippen molar-refractivity contribution < 1.29 is 9.13 Å². The zero-order valence-corrected chi connectivity index (χ0v) is 38.3. The molecule has 16 nitrogen and oxygen atoms in total. The fourth-order valence-electron chi connectivity index (χ4n) is 8.23. The Bertz CT molecular complexity index is 3430. The number of hydrogen-bond acceptors (Lipinski definition) is 13. The van der Waals surface area contributed by atoms with Crippen LogP contribution in [0.2, 0.25) is 0 Å². The number of rotatable bonds is 11. The van der Waals surface area contributed by atoms with Crippen molar-refractivity contribution in [1.29, 1.82) is 0 Å². The number of benzene rings is 3. The van der Waals surface area contributed by atoms with Crippen LogP contribution in [-0.4, -0.2) is 92.0 Å². The minimum absolute atomic E-state index is 0.245. The normalized spacial score (nSPS) is 14.4. The molecule has 6 aromatic heterocycles. The second kappa shape index (κ2) is 15.2. The van der Waals surface area contributed by atoms with E-state index in [1.54, 1.807) is 47.9 Å². The number of pyridine rings is 2. The third kappa shape index (κ3) is 7.60. The largest absolute Gasteiger partial charge is 0.360 e. The molecule has 0 amide bonds. The fraction of sp³-hybridized carbons (Fsp3) is 0.261. The molecule has 1 atom stereocenters. The van der Waals surface area contributed by atoms with E-state index in [-0.39, 0.29) is 6.29 Å². The molecule has 1 unspecified atom stereocenters. The molecule has 0 radical (unpaired) electrons. The van der Waals surface area contributed by atoms with Gasteiger partial charge in [-0.15, -0.1) is 10.2 Å². The molecule has 1 aliphatic heterocycles. The van der Waals surface area contributed by atoms with Crippen molar-refractivity contribution in [3.63, 3.8) is 0 Å². The van der Waals surface area contributed by atoms with Crippen LogP contribution in [-0.2, 0) is 32.7 Å². The van der Waals surface area contributed by atoms with Crippen molar-refractivity contribution in [2.24, 2.45) is 4.99 Å². The third-order valence-electron chi connectivity index (χ3n) is 12.0. The molecule has 322 valence electrons. The Morgan fingerprint density at radius 2 is 1.48 bits per heavy atom. The number of nitrogens with zero attached hydrogens (tertiary/aromatic N) is 13. The third-order valence-corrected chi connectivity index (χ3v) is 15.4. The van der Waals surface area contributed by atoms with Gasteiger partial charge in [0.2, 0.25) is 5.65 Å². The van der Waals surface area contributed by atoms with Crippen molar-refractivity contribution in [1.82, 2.24) is 59.7 Å². The second-order valence-electron chi connectivity index (χ2n) is 18.0. The fourth-order valence-corrected chi connectivity index (χ4v) is 10.9. The summed E-state index contributed by atoms with van der Waals surface area (Å²) in [5, 5.41) is 28.5. The summed E-state index contributed by atoms with van der Waals surface area (Å²) >= 11 is 0. The summed E-state index contributed by atoms with van der Waals surface area (Å²) in [6.07, 6.45) is 7.68. The standard InChI is InChI=1S/C46H46N14O2P2/c1-45(2,33-14-17-37-29(20-33)11-9-19-47-37)60-44-42(55-57-60)49-25-40(53-44)32-23-50-58(26-32)28-64(7,62)27-35-16-13-31-21-34(15-18-38(31)51-35)46(3,4)59-43-41(54-56-59)48-24-39(52-43)30-10-8-12-36(22-30)63(5,6)61/h8-24,26,49H,25,27-28H2,1-7H3. The van der Waals surface area contributed by atoms with Gasteiger partial charge < -0.3 is 14.4 Å². The lowest BCUT2D eigenvalue weighted by atomic mass is 9.93. The van der Waals surface area contributed by atoms with Gasteiger partial charge >= 0.3 is 0 Å². The van der Waals surface area contributed by atoms with Crippen LogP contribution >= 0.6 is 14.3 Å². The SMILES string of the molecule is CC(C)(c1ccc2ncccc2c1)n1nnc2c1N=C(c1cnn(CP(C)(=O)Cc3ccc4cc(C(C)(C)n5nnc6ncc(-c7cccc(P(C)(C)=O)c7)nc65)ccc4n3)c1)CN2. The number of nitrogens with one attached hydrogen (secondary N) is 1. The molecule has 0 aliphatic carbocycles. The molecule has 0 spiro atoms. The summed E-state index contributed by atoms with van der Waals surface area (Å²) in [6, 6.07) is 27.9. The first-order valence-corrected chi connectivity index (χ1v) is 26.0. The van der Waals surface area contributed by atoms with Crippen LogP contribution in [0, 0.1) is 0 Å². The first-order valence-electron chi connectivity index (χ1n) is 20.9. The lowest BCUT2D eigenvalue weighted by Crippen LogP contribution is -2.29. The van der Waals surface area contributed by atoms with E-state index in [0.29, 0.717) is 41.3 Å². The smallest absolute Gasteiger partial charge is 0.221 e. The molecule has 0 fully saturated rings. The highest BCUT2D eigenvalue weighted by Crippen LogP contribution is 2.47. The van der Waals surface area contributed by atoms with Crippen LogP contribution in [0.1, 0.15) is 50.1 Å². The van der Waals surface area contributed by atoms with Crippen LogP contribution in [0.25, 0.3) is 44.4 Å². The lowest BCUT2D eigenvalue weighted by molar-refractivity contribution is 0.385. The lowest BCUT2D eigenvalue weighted by Gasteiger charge is -2.27. The second-order valence-corrected chi connectivity index (χ2v) is 24.4. The van der Waals surface area contributed by atoms with Crippen molar-refractivity contribution in [3.8, 4) is 11.3 Å². The average Bonchev–Trinajstić information content (AvgIpc) is 4.04. The predicted molar refractivity (Wildman–Crippen MR) is 252 cm³/mol. The minimum Gasteiger partial charge on any atom is -0.360 e. The maximum absolute atomic E-state index is 14.2. The van der Waals surface area contributed by atoms with E-state index in [4.69, 9.17) is 15.0 Å². The van der Waals surface area contributed by atoms with Crippen molar-refractivity contribution in [2.75, 3.05) is 31.9 Å². The predicted octanol–water partition coefficient (Wildman–Crippen LogP) is 8.28. The zero-order valence-electron chi connectivity index (χ0n) is 36.5. The van der Waals surface area contributed by atoms with Gasteiger partial charge in [0.25, 0.3) is 0 Å². The summed E-state index contributed by atoms with van der Waals surface area (Å²) in [5.41, 5.74) is 7.33. The van der Waals surface area contributed by atoms with Crippen LogP contribution in [0.15, 0.2) is 115 Å². The Balaban J connectivity index is 0.847. The monoisotopic (exact) mass is 888 g/mol. The van der Waals surface area contributed by atoms with Gasteiger partial charge in [0.1, 0.15) is 14.3 Å². The van der Waals surface area contributed by atoms with E-state index in [2.05, 4.69) is 93.0 Å². The summed E-state index contributed by atoms with van der Waals surface area (Å²) in [7, 11) is -5.25. The van der Waals surface area contributed by atoms with E-state index in [1.165, 1.54) is 0 Å². The average molecular weight is 889 g/mol. The molecule has 10 rings (SSSR count). The van der Waals surface area contributed by atoms with Gasteiger partial charge in [-0.2, -0.15) is 5.10 Å². The topological polar surface area (TPSA) is 189 Å². The van der Waals surface area contributed by atoms with Crippen molar-refractivity contribution in [3.05, 3.63) is 132 Å². The molecule has 18 heteroatoms. The Kier molecular flexibility index (Phi) is 9.80. The number of hydrogen-bond donors (Lipinski definition) is 1. The van der Waals surface area contributed by atoms with E-state index in [0.717, 1.165) is 60.8 Å². The number of aromatic nitrogens is 12. The molecule has 0 saturated heterocycles. The van der Waals surface area contributed by atoms with Gasteiger partial charge in [0.15, 0.2) is 17.3 Å². The van der Waals surface area contributed by atoms with Crippen molar-refractivity contribution in [2.45, 2.75) is 51.2 Å². The number of anilines is 1. The summed E-state index contributed by atoms with van der Waals surface area (Å²) in [4.78, 5) is 24.0. The molecule has 3 aromatic carbocycles. The van der Waals surface area contributed by atoms with Crippen LogP contribution < -0.4 is 10.6 Å². The minimum atomic E-state index is -2.79. The highest BCUT2D eigenvalue weighted by molar-refractivity contribution is 7.70. The molecule has 7 heterocycles. The first kappa shape index (κ1) is 41.3. The van der Waals surface area contributed by atoms with Gasteiger partial charge in [-0.05, 0) is 101 Å². The Labute approximate surface area is 369 Å². The van der Waals surface area contributed by atoms with Gasteiger partial charge in [-0.1, -0.05) is 52.9 Å². The molecule has 0 saturated carbocycles. The maximum Gasteiger partial charge on any atom is 0.221 e. The Morgan fingerprint density at radius 3 is 2.28 bits per heavy atom. The van der Waals surface area contributed by atoms with Gasteiger partial charge in [-0.25, -0.2) is 24.3 Å². The molecule has 1 N–H and O–H groups in total. The molecule has 1 aliphatic rings. The zero-order chi connectivity index (χ0) is 44.6. The van der Waals surface area contributed by atoms with E-state index in [9.17, 15) is 9.13 Å². The summed E-state index contributed by atoms with van der Waals surface area (Å²) in [6.45, 7) is 14.1. The Morgan fingerprint density at radius 1 is 0.734 bits per heavy atom. The van der Waals surface area contributed by atoms with Gasteiger partial charge in [0.05, 0.1) is 58.7 Å². The molecular weight excluding hydrogens is 843 g/mol. The molecular formula is C46H46N14O2P2. The molecule has 9 aromatic rings. The maximum atomic E-state index is 14.2. The van der Waals surface area contributed by atoms with Crippen molar-refractivity contribution >= 4 is 70.0 Å². The molecule has 0 bridgehead atoms. The van der Waals surface area contributed by atoms with Crippen LogP contribution in [0.5, 0.6) is 0 Å². The van der Waals surface area contributed by atoms with Crippen LogP contribution in [0.3, 0.4) is 0 Å². The van der Waals surface area contributed by atoms with E-state index in [1.807, 2.05) is 71.5 Å². The van der Waals surface area contributed by atoms with E-state index < -0.39 is 25.4 Å². The highest BCUT2D eigenvalue weighted by Gasteiger charge is 2.32. The van der Waals surface area contributed by atoms with E-state index >= 15 is 0 Å². The molecule has 64 heavy (non-hydrogen) atoms. The highest BCUT2D eigenvalue weighted by atomic mass is 31.2. The first-order chi connectivity index (χ1) is 30.5. The quantitative estimate of drug-likeness (QED) is 0.123. The number of fused-ring (bicyclic) bond motifs is 4. The summed E-state index contributed by atoms with van der Waals surface area (Å²) in [5.74, 6) is 1.25. The van der Waals surface area contributed by atoms with Gasteiger partial charge in [-0.3, -0.25) is 14.6 Å². The van der Waals surface area contributed by atoms with Gasteiger partial charge in [0, 0.05) is 51.5 Å².